The zero-order valence-corrected chi connectivity index (χ0v) is 24.2. The molecule has 3 rings (SSSR count). The molecule has 0 aliphatic carbocycles. The Morgan fingerprint density at radius 2 is 1.68 bits per heavy atom. The maximum absolute atomic E-state index is 13.2. The van der Waals surface area contributed by atoms with Gasteiger partial charge in [-0.2, -0.15) is 18.3 Å². The van der Waals surface area contributed by atoms with E-state index in [0.29, 0.717) is 57.1 Å². The molecule has 1 fully saturated rings. The topological polar surface area (TPSA) is 195 Å². The van der Waals surface area contributed by atoms with Crippen LogP contribution in [0, 0.1) is 0 Å². The number of carbonyl (C=O) groups is 3. The SMILES string of the molecule is C[C@@H](COCCC(=O)N1CCN(c2ncc(NC(=O)CCCCCC(=O)NO)cn2)CC1)Nc1cn[nH]c(=O)c1C(F)(F)F. The molecule has 0 bridgehead atoms. The fourth-order valence-corrected chi connectivity index (χ4v) is 4.41. The Balaban J connectivity index is 1.32. The Bertz CT molecular complexity index is 1300. The van der Waals surface area contributed by atoms with Gasteiger partial charge in [0.2, 0.25) is 23.7 Å². The van der Waals surface area contributed by atoms with E-state index in [1.165, 1.54) is 12.4 Å². The molecule has 0 aromatic carbocycles. The summed E-state index contributed by atoms with van der Waals surface area (Å²) < 4.78 is 45.0. The van der Waals surface area contributed by atoms with Crippen molar-refractivity contribution in [2.45, 2.75) is 57.7 Å². The lowest BCUT2D eigenvalue weighted by molar-refractivity contribution is -0.138. The van der Waals surface area contributed by atoms with Gasteiger partial charge in [0.1, 0.15) is 5.56 Å². The second-order valence-corrected chi connectivity index (χ2v) is 10.1. The number of alkyl halides is 3. The van der Waals surface area contributed by atoms with E-state index in [1.807, 2.05) is 4.90 Å². The minimum atomic E-state index is -4.85. The van der Waals surface area contributed by atoms with Crippen molar-refractivity contribution >= 4 is 35.0 Å². The fraction of sp³-hybridized carbons (Fsp3) is 0.577. The third kappa shape index (κ3) is 10.7. The molecule has 3 amide bonds. The van der Waals surface area contributed by atoms with Crippen molar-refractivity contribution in [2.24, 2.45) is 0 Å². The average Bonchev–Trinajstić information content (AvgIpc) is 2.98. The van der Waals surface area contributed by atoms with Gasteiger partial charge >= 0.3 is 6.18 Å². The number of nitrogens with one attached hydrogen (secondary N) is 4. The van der Waals surface area contributed by atoms with Crippen molar-refractivity contribution in [3.8, 4) is 0 Å². The highest BCUT2D eigenvalue weighted by Crippen LogP contribution is 2.31. The highest BCUT2D eigenvalue weighted by Gasteiger charge is 2.37. The quantitative estimate of drug-likeness (QED) is 0.109. The monoisotopic (exact) mass is 627 g/mol. The molecule has 44 heavy (non-hydrogen) atoms. The largest absolute Gasteiger partial charge is 0.423 e. The predicted octanol–water partition coefficient (Wildman–Crippen LogP) is 1.53. The molecule has 0 unspecified atom stereocenters. The van der Waals surface area contributed by atoms with Gasteiger partial charge in [0.05, 0.1) is 49.6 Å². The molecule has 0 radical (unpaired) electrons. The number of amides is 3. The van der Waals surface area contributed by atoms with Gasteiger partial charge in [-0.3, -0.25) is 24.4 Å². The van der Waals surface area contributed by atoms with Gasteiger partial charge in [-0.15, -0.1) is 0 Å². The Kier molecular flexibility index (Phi) is 12.8. The Labute approximate surface area is 250 Å². The lowest BCUT2D eigenvalue weighted by Crippen LogP contribution is -2.49. The molecular weight excluding hydrogens is 591 g/mol. The van der Waals surface area contributed by atoms with Crippen LogP contribution < -0.4 is 26.6 Å². The first-order valence-electron chi connectivity index (χ1n) is 14.0. The molecule has 0 saturated carbocycles. The molecule has 18 heteroatoms. The lowest BCUT2D eigenvalue weighted by Gasteiger charge is -2.34. The summed E-state index contributed by atoms with van der Waals surface area (Å²) in [5.41, 5.74) is -1.15. The number of carbonyl (C=O) groups excluding carboxylic acids is 3. The summed E-state index contributed by atoms with van der Waals surface area (Å²) in [6, 6.07) is -0.586. The van der Waals surface area contributed by atoms with Crippen LogP contribution in [0.15, 0.2) is 23.4 Å². The summed E-state index contributed by atoms with van der Waals surface area (Å²) in [7, 11) is 0. The first-order valence-corrected chi connectivity index (χ1v) is 14.0. The number of hydrogen-bond acceptors (Lipinski definition) is 11. The van der Waals surface area contributed by atoms with Crippen LogP contribution >= 0.6 is 0 Å². The molecule has 0 spiro atoms. The lowest BCUT2D eigenvalue weighted by atomic mass is 10.1. The number of aromatic amines is 1. The number of ether oxygens (including phenoxy) is 1. The molecule has 1 aliphatic rings. The number of hydroxylamine groups is 1. The van der Waals surface area contributed by atoms with Crippen LogP contribution in [0.3, 0.4) is 0 Å². The maximum atomic E-state index is 13.2. The number of unbranched alkanes of at least 4 members (excludes halogenated alkanes) is 2. The second kappa shape index (κ2) is 16.5. The fourth-order valence-electron chi connectivity index (χ4n) is 4.41. The Morgan fingerprint density at radius 3 is 2.32 bits per heavy atom. The van der Waals surface area contributed by atoms with E-state index in [-0.39, 0.29) is 44.3 Å². The highest BCUT2D eigenvalue weighted by molar-refractivity contribution is 5.90. The summed E-state index contributed by atoms with van der Waals surface area (Å²) in [6.45, 7) is 3.53. The van der Waals surface area contributed by atoms with Gasteiger partial charge in [-0.05, 0) is 19.8 Å². The molecule has 1 atom stereocenters. The van der Waals surface area contributed by atoms with Crippen molar-refractivity contribution in [1.29, 1.82) is 0 Å². The number of H-pyrrole nitrogens is 1. The zero-order valence-electron chi connectivity index (χ0n) is 24.2. The molecule has 1 saturated heterocycles. The summed E-state index contributed by atoms with van der Waals surface area (Å²) in [5.74, 6) is -0.318. The molecule has 5 N–H and O–H groups in total. The Morgan fingerprint density at radius 1 is 1.02 bits per heavy atom. The third-order valence-electron chi connectivity index (χ3n) is 6.64. The normalized spacial score (nSPS) is 14.2. The van der Waals surface area contributed by atoms with Gasteiger partial charge in [0, 0.05) is 45.1 Å². The van der Waals surface area contributed by atoms with Crippen LogP contribution in [0.25, 0.3) is 0 Å². The van der Waals surface area contributed by atoms with Crippen molar-refractivity contribution in [3.63, 3.8) is 0 Å². The molecule has 3 heterocycles. The minimum Gasteiger partial charge on any atom is -0.379 e. The van der Waals surface area contributed by atoms with E-state index in [1.54, 1.807) is 22.4 Å². The standard InChI is InChI=1S/C26H36F3N9O6/c1-17(33-19-15-32-35-24(42)23(19)26(27,28)29)16-44-12-7-22(41)37-8-10-38(11-9-37)25-30-13-18(14-31-25)34-20(39)5-3-2-4-6-21(40)36-43/h13-15,17,43H,2-12,16H2,1H3,(H,34,39)(H,36,40)(H2,33,35,42)/t17-/m0/s1. The number of halogens is 3. The summed E-state index contributed by atoms with van der Waals surface area (Å²) >= 11 is 0. The smallest absolute Gasteiger partial charge is 0.379 e. The number of piperazine rings is 1. The Hall–Kier alpha value is -4.32. The van der Waals surface area contributed by atoms with Crippen LogP contribution in [-0.2, 0) is 25.3 Å². The molecule has 2 aromatic rings. The van der Waals surface area contributed by atoms with Gasteiger partial charge in [-0.1, -0.05) is 6.42 Å². The van der Waals surface area contributed by atoms with E-state index in [2.05, 4.69) is 25.7 Å². The van der Waals surface area contributed by atoms with Crippen molar-refractivity contribution in [2.75, 3.05) is 54.9 Å². The third-order valence-corrected chi connectivity index (χ3v) is 6.64. The van der Waals surface area contributed by atoms with Crippen molar-refractivity contribution < 1.29 is 37.5 Å². The number of anilines is 3. The zero-order chi connectivity index (χ0) is 32.1. The maximum Gasteiger partial charge on any atom is 0.423 e. The van der Waals surface area contributed by atoms with Crippen molar-refractivity contribution in [1.82, 2.24) is 30.5 Å². The van der Waals surface area contributed by atoms with Crippen LogP contribution in [0.1, 0.15) is 51.0 Å². The number of nitrogens with zero attached hydrogens (tertiary/aromatic N) is 5. The van der Waals surface area contributed by atoms with Gasteiger partial charge < -0.3 is 25.2 Å². The van der Waals surface area contributed by atoms with Crippen molar-refractivity contribution in [3.05, 3.63) is 34.5 Å². The molecule has 2 aromatic heterocycles. The van der Waals surface area contributed by atoms with E-state index >= 15 is 0 Å². The van der Waals surface area contributed by atoms with Crippen LogP contribution in [0.5, 0.6) is 0 Å². The molecule has 1 aliphatic heterocycles. The summed E-state index contributed by atoms with van der Waals surface area (Å²) in [5, 5.41) is 18.9. The average molecular weight is 628 g/mol. The molecular formula is C26H36F3N9O6. The first kappa shape index (κ1) is 34.2. The first-order chi connectivity index (χ1) is 21.0. The van der Waals surface area contributed by atoms with E-state index in [9.17, 15) is 32.3 Å². The van der Waals surface area contributed by atoms with Crippen LogP contribution in [0.2, 0.25) is 0 Å². The van der Waals surface area contributed by atoms with Gasteiger partial charge in [-0.25, -0.2) is 20.5 Å². The predicted molar refractivity (Wildman–Crippen MR) is 151 cm³/mol. The van der Waals surface area contributed by atoms with E-state index in [0.717, 1.165) is 6.20 Å². The molecule has 15 nitrogen and oxygen atoms in total. The minimum absolute atomic E-state index is 0.00441. The number of hydrogen-bond donors (Lipinski definition) is 5. The summed E-state index contributed by atoms with van der Waals surface area (Å²) in [4.78, 5) is 59.5. The van der Waals surface area contributed by atoms with Crippen LogP contribution in [-0.4, -0.2) is 93.4 Å². The van der Waals surface area contributed by atoms with Gasteiger partial charge in [0.15, 0.2) is 0 Å². The van der Waals surface area contributed by atoms with Crippen LogP contribution in [0.4, 0.5) is 30.5 Å². The van der Waals surface area contributed by atoms with E-state index < -0.39 is 34.9 Å². The number of rotatable bonds is 15. The van der Waals surface area contributed by atoms with Gasteiger partial charge in [0.25, 0.3) is 5.56 Å². The summed E-state index contributed by atoms with van der Waals surface area (Å²) in [6.07, 6.45) is 1.44. The number of aromatic nitrogens is 4. The van der Waals surface area contributed by atoms with E-state index in [4.69, 9.17) is 9.94 Å². The second-order valence-electron chi connectivity index (χ2n) is 10.1. The molecule has 242 valence electrons. The highest BCUT2D eigenvalue weighted by atomic mass is 19.4.